The van der Waals surface area contributed by atoms with Crippen molar-refractivity contribution in [1.82, 2.24) is 73.5 Å². The Bertz CT molecular complexity index is 5320. The Kier molecular flexibility index (Phi) is 37.7. The van der Waals surface area contributed by atoms with E-state index < -0.39 is 0 Å². The first-order valence-corrected chi connectivity index (χ1v) is 41.4. The Hall–Kier alpha value is -6.50. The van der Waals surface area contributed by atoms with Crippen LogP contribution in [0.25, 0.3) is 54.5 Å². The molecule has 0 aliphatic carbocycles. The minimum Gasteiger partial charge on any atom is -0.504 e. The highest BCUT2D eigenvalue weighted by atomic mass is 35.5. The van der Waals surface area contributed by atoms with Gasteiger partial charge in [0.1, 0.15) is 56.7 Å². The second kappa shape index (κ2) is 44.7. The molecule has 0 amide bonds. The van der Waals surface area contributed by atoms with Crippen LogP contribution in [0.4, 0.5) is 0 Å². The molecular weight excluding hydrogens is 1660 g/mol. The van der Waals surface area contributed by atoms with Crippen molar-refractivity contribution in [3.63, 3.8) is 0 Å². The number of aromatic nitrogens is 10. The van der Waals surface area contributed by atoms with Crippen LogP contribution in [0, 0.1) is 11.8 Å². The fraction of sp³-hybridized carbons (Fsp3) is 0.487. The van der Waals surface area contributed by atoms with E-state index in [0.717, 1.165) is 77.8 Å². The third kappa shape index (κ3) is 23.2. The number of hydrogen-bond donors (Lipinski definition) is 8. The fourth-order valence-corrected chi connectivity index (χ4v) is 15.1. The maximum atomic E-state index is 13.0. The van der Waals surface area contributed by atoms with Gasteiger partial charge in [0.05, 0.1) is 110 Å². The lowest BCUT2D eigenvalue weighted by Gasteiger charge is -2.23. The highest BCUT2D eigenvalue weighted by Crippen LogP contribution is 2.40. The third-order valence-corrected chi connectivity index (χ3v) is 20.6. The summed E-state index contributed by atoms with van der Waals surface area (Å²) in [6, 6.07) is 6.87. The quantitative estimate of drug-likeness (QED) is 0.0202. The molecule has 0 saturated carbocycles. The predicted octanol–water partition coefficient (Wildman–Crippen LogP) is 17.4. The highest BCUT2D eigenvalue weighted by molar-refractivity contribution is 6.42. The Labute approximate surface area is 706 Å². The number of nitrogens with zero attached hydrogens (tertiary/aromatic N) is 12. The summed E-state index contributed by atoms with van der Waals surface area (Å²) in [5, 5.41) is 62.6. The molecule has 0 atom stereocenters. The number of rotatable bonds is 29. The van der Waals surface area contributed by atoms with Gasteiger partial charge < -0.3 is 41.5 Å². The summed E-state index contributed by atoms with van der Waals surface area (Å²) in [6.45, 7) is 36.7. The average Bonchev–Trinajstić information content (AvgIpc) is 0.791. The van der Waals surface area contributed by atoms with Crippen LogP contribution < -0.4 is 43.7 Å². The number of aromatic hydroxyl groups is 5. The average molecular weight is 1760 g/mol. The van der Waals surface area contributed by atoms with E-state index in [2.05, 4.69) is 85.3 Å². The Balaban J connectivity index is 0.000000220. The van der Waals surface area contributed by atoms with Crippen molar-refractivity contribution in [3.05, 3.63) is 161 Å². The zero-order valence-corrected chi connectivity index (χ0v) is 73.6. The van der Waals surface area contributed by atoms with E-state index in [0.29, 0.717) is 94.6 Å². The van der Waals surface area contributed by atoms with Crippen molar-refractivity contribution in [3.8, 4) is 28.7 Å². The molecule has 0 unspecified atom stereocenters. The summed E-state index contributed by atoms with van der Waals surface area (Å²) >= 11 is 60.5. The molecule has 0 bridgehead atoms. The van der Waals surface area contributed by atoms with Gasteiger partial charge in [0, 0.05) is 32.7 Å². The molecular formula is C78H101Cl10N15O10. The van der Waals surface area contributed by atoms with E-state index in [1.807, 2.05) is 55.4 Å². The first-order valence-electron chi connectivity index (χ1n) is 37.6. The van der Waals surface area contributed by atoms with Crippen molar-refractivity contribution in [1.29, 1.82) is 0 Å². The molecule has 5 heterocycles. The molecule has 5 aromatic carbocycles. The third-order valence-electron chi connectivity index (χ3n) is 17.7. The fourth-order valence-electron chi connectivity index (χ4n) is 12.4. The van der Waals surface area contributed by atoms with E-state index in [4.69, 9.17) is 116 Å². The zero-order chi connectivity index (χ0) is 84.2. The maximum Gasteiger partial charge on any atom is 0.263 e. The van der Waals surface area contributed by atoms with Gasteiger partial charge in [-0.25, -0.2) is 24.9 Å². The lowest BCUT2D eigenvalue weighted by Crippen LogP contribution is -2.32. The van der Waals surface area contributed by atoms with E-state index in [-0.39, 0.29) is 173 Å². The van der Waals surface area contributed by atoms with Crippen LogP contribution in [0.1, 0.15) is 158 Å². The van der Waals surface area contributed by atoms with Crippen LogP contribution in [-0.4, -0.2) is 129 Å². The number of nitrogens with one attached hydrogen (secondary N) is 3. The highest BCUT2D eigenvalue weighted by Gasteiger charge is 2.26. The number of halogens is 10. The zero-order valence-electron chi connectivity index (χ0n) is 66.0. The molecule has 0 aliphatic rings. The molecule has 0 spiro atoms. The molecule has 0 saturated heterocycles. The van der Waals surface area contributed by atoms with Gasteiger partial charge in [-0.1, -0.05) is 206 Å². The van der Waals surface area contributed by atoms with Crippen molar-refractivity contribution in [2.45, 2.75) is 194 Å². The Morgan fingerprint density at radius 2 is 0.619 bits per heavy atom. The predicted molar refractivity (Wildman–Crippen MR) is 464 cm³/mol. The van der Waals surface area contributed by atoms with Crippen LogP contribution in [0.2, 0.25) is 50.2 Å². The van der Waals surface area contributed by atoms with Gasteiger partial charge in [0.25, 0.3) is 27.8 Å². The van der Waals surface area contributed by atoms with E-state index in [1.54, 1.807) is 29.9 Å². The standard InChI is InChI=1S/C18H25Cl2N3O2.C16H21Cl2N3O2.2C15H19Cl2N3O2.C14H17Cl2N3O2/c1-4-7-22(8-5-2)11-14-21-16-15(18(25)23(14)9-6-3)12(19)10-13(20)17(16)24;1-4-7-21-12(9-20(5-2)6-3)19-14-13(16(21)23)10(17)8-11(18)15(14)22;1-4-18-6-11-19-13-12(9(16)5-10(17)14(13)21)15(22)20(11)7-8(2)3;1-3-5-18-8-11-19-13-12(15(22)20(11)6-4-2)9(16)7-10(17)14(13)21;1-7(2)6-19-10(5-17-3)18-12-11(14(19)21)8(15)4-9(16)13(12)20/h10,24H,4-9,11H2,1-3H3;8,22H,4-7,9H2,1-3H3;5,8,18,21H,4,6-7H2,1-3H3;7,18,21H,3-6,8H2,1-2H3;4,7,17,20H,5-6H2,1-3H3. The van der Waals surface area contributed by atoms with Gasteiger partial charge in [0.15, 0.2) is 28.7 Å². The van der Waals surface area contributed by atoms with E-state index >= 15 is 0 Å². The van der Waals surface area contributed by atoms with Gasteiger partial charge in [-0.3, -0.25) is 56.6 Å². The lowest BCUT2D eigenvalue weighted by atomic mass is 10.2. The lowest BCUT2D eigenvalue weighted by molar-refractivity contribution is 0.254. The number of hydrogen-bond acceptors (Lipinski definition) is 20. The van der Waals surface area contributed by atoms with Crippen molar-refractivity contribution in [2.24, 2.45) is 11.8 Å². The van der Waals surface area contributed by atoms with Gasteiger partial charge in [-0.15, -0.1) is 0 Å². The summed E-state index contributed by atoms with van der Waals surface area (Å²) in [5.41, 5.74) is -0.458. The number of benzene rings is 5. The molecule has 10 aromatic rings. The van der Waals surface area contributed by atoms with Gasteiger partial charge in [0.2, 0.25) is 0 Å². The minimum absolute atomic E-state index is 0.0800. The van der Waals surface area contributed by atoms with Crippen LogP contribution in [0.5, 0.6) is 28.7 Å². The van der Waals surface area contributed by atoms with Crippen LogP contribution in [0.15, 0.2) is 54.3 Å². The molecule has 10 rings (SSSR count). The second-order valence-electron chi connectivity index (χ2n) is 27.4. The Morgan fingerprint density at radius 1 is 0.354 bits per heavy atom. The summed E-state index contributed by atoms with van der Waals surface area (Å²) < 4.78 is 8.10. The monoisotopic (exact) mass is 1760 g/mol. The molecule has 25 nitrogen and oxygen atoms in total. The summed E-state index contributed by atoms with van der Waals surface area (Å²) in [5.74, 6) is 2.42. The SMILES string of the molecule is CCCN(CCC)Cc1nc2c(O)c(Cl)cc(Cl)c2c(=O)n1CCC.CCCNCc1nc2c(O)c(Cl)cc(Cl)c2c(=O)n1CCC.CCCn1c(CN(CC)CC)nc2c(O)c(Cl)cc(Cl)c2c1=O.CCNCc1nc2c(O)c(Cl)cc(Cl)c2c(=O)n1CC(C)C.CNCc1nc2c(O)c(Cl)cc(Cl)c2c(=O)n1CC(C)C. The first-order chi connectivity index (χ1) is 53.6. The number of phenolic OH excluding ortho intramolecular Hbond substituents is 5. The molecule has 0 radical (unpaired) electrons. The summed E-state index contributed by atoms with van der Waals surface area (Å²) in [4.78, 5) is 90.8. The molecule has 35 heteroatoms. The summed E-state index contributed by atoms with van der Waals surface area (Å²) in [6.07, 6.45) is 5.43. The number of fused-ring (bicyclic) bond motifs is 5. The van der Waals surface area contributed by atoms with Crippen molar-refractivity contribution >= 4 is 171 Å². The molecule has 0 aliphatic heterocycles. The van der Waals surface area contributed by atoms with Crippen LogP contribution in [0.3, 0.4) is 0 Å². The molecule has 0 fully saturated rings. The van der Waals surface area contributed by atoms with Gasteiger partial charge in [-0.05, 0) is 127 Å². The number of phenols is 5. The first kappa shape index (κ1) is 95.3. The smallest absolute Gasteiger partial charge is 0.263 e. The van der Waals surface area contributed by atoms with Crippen molar-refractivity contribution in [2.75, 3.05) is 46.3 Å². The second-order valence-corrected chi connectivity index (χ2v) is 31.5. The summed E-state index contributed by atoms with van der Waals surface area (Å²) in [7, 11) is 1.76. The van der Waals surface area contributed by atoms with Crippen LogP contribution >= 0.6 is 116 Å². The normalized spacial score (nSPS) is 11.5. The van der Waals surface area contributed by atoms with Gasteiger partial charge >= 0.3 is 0 Å². The molecule has 113 heavy (non-hydrogen) atoms. The van der Waals surface area contributed by atoms with Crippen LogP contribution in [-0.2, 0) is 65.4 Å². The van der Waals surface area contributed by atoms with E-state index in [9.17, 15) is 49.5 Å². The van der Waals surface area contributed by atoms with Gasteiger partial charge in [-0.2, -0.15) is 0 Å². The van der Waals surface area contributed by atoms with E-state index in [1.165, 1.54) is 30.3 Å². The topological polar surface area (TPSA) is 318 Å². The molecule has 8 N–H and O–H groups in total. The molecule has 5 aromatic heterocycles. The van der Waals surface area contributed by atoms with Crippen molar-refractivity contribution < 1.29 is 25.5 Å². The maximum absolute atomic E-state index is 13.0. The Morgan fingerprint density at radius 3 is 0.885 bits per heavy atom. The largest absolute Gasteiger partial charge is 0.504 e. The minimum atomic E-state index is -0.268. The molecule has 618 valence electrons.